The first-order valence-corrected chi connectivity index (χ1v) is 5.15. The summed E-state index contributed by atoms with van der Waals surface area (Å²) in [5.41, 5.74) is 1.23. The van der Waals surface area contributed by atoms with Crippen LogP contribution in [-0.4, -0.2) is 6.26 Å². The minimum atomic E-state index is -0.278. The first-order valence-electron chi connectivity index (χ1n) is 3.56. The average molecular weight is 178 g/mol. The first-order chi connectivity index (χ1) is 5.74. The second-order valence-electron chi connectivity index (χ2n) is 2.48. The fourth-order valence-corrected chi connectivity index (χ4v) is 1.61. The molecule has 0 bridgehead atoms. The highest BCUT2D eigenvalue weighted by atomic mass is 32.2. The fourth-order valence-electron chi connectivity index (χ4n) is 0.849. The molecule has 0 heterocycles. The van der Waals surface area contributed by atoms with Gasteiger partial charge in [0.05, 0.1) is 0 Å². The lowest BCUT2D eigenvalue weighted by molar-refractivity contribution is 1.37. The van der Waals surface area contributed by atoms with Gasteiger partial charge in [0.15, 0.2) is 0 Å². The molecule has 12 heavy (non-hydrogen) atoms. The van der Waals surface area contributed by atoms with Crippen molar-refractivity contribution in [2.45, 2.75) is 11.8 Å². The standard InChI is InChI=1S/C9H10N2S/c1-8-3-5-9(6-4-8)12(2)11-7-10/h3-6H,1-2H3. The van der Waals surface area contributed by atoms with Gasteiger partial charge in [-0.3, -0.25) is 0 Å². The van der Waals surface area contributed by atoms with E-state index in [9.17, 15) is 0 Å². The second kappa shape index (κ2) is 4.03. The Morgan fingerprint density at radius 3 is 2.42 bits per heavy atom. The summed E-state index contributed by atoms with van der Waals surface area (Å²) in [6.45, 7) is 2.04. The molecule has 62 valence electrons. The van der Waals surface area contributed by atoms with E-state index in [1.54, 1.807) is 0 Å². The number of hydrogen-bond donors (Lipinski definition) is 0. The molecule has 1 unspecified atom stereocenters. The van der Waals surface area contributed by atoms with Crippen LogP contribution in [0.2, 0.25) is 0 Å². The minimum Gasteiger partial charge on any atom is -0.170 e. The van der Waals surface area contributed by atoms with E-state index < -0.39 is 0 Å². The van der Waals surface area contributed by atoms with Gasteiger partial charge in [-0.2, -0.15) is 5.26 Å². The SMILES string of the molecule is Cc1ccc(S(C)=NC#N)cc1. The van der Waals surface area contributed by atoms with E-state index in [4.69, 9.17) is 5.26 Å². The highest BCUT2D eigenvalue weighted by Gasteiger charge is 1.93. The van der Waals surface area contributed by atoms with Crippen molar-refractivity contribution in [1.29, 1.82) is 5.26 Å². The number of nitrogens with zero attached hydrogens (tertiary/aromatic N) is 2. The third-order valence-corrected chi connectivity index (χ3v) is 2.85. The average Bonchev–Trinajstić information content (AvgIpc) is 2.06. The van der Waals surface area contributed by atoms with Crippen LogP contribution in [0.4, 0.5) is 0 Å². The lowest BCUT2D eigenvalue weighted by Crippen LogP contribution is -1.86. The largest absolute Gasteiger partial charge is 0.212 e. The van der Waals surface area contributed by atoms with E-state index in [1.165, 1.54) is 5.56 Å². The van der Waals surface area contributed by atoms with Crippen molar-refractivity contribution in [3.05, 3.63) is 29.8 Å². The van der Waals surface area contributed by atoms with Gasteiger partial charge in [0, 0.05) is 4.90 Å². The molecule has 0 saturated carbocycles. The maximum atomic E-state index is 8.34. The van der Waals surface area contributed by atoms with Crippen LogP contribution in [0.3, 0.4) is 0 Å². The molecule has 0 amide bonds. The maximum absolute atomic E-state index is 8.34. The highest BCUT2D eigenvalue weighted by Crippen LogP contribution is 2.07. The molecule has 0 aliphatic carbocycles. The van der Waals surface area contributed by atoms with Crippen LogP contribution in [0.5, 0.6) is 0 Å². The zero-order chi connectivity index (χ0) is 8.97. The number of rotatable bonds is 1. The van der Waals surface area contributed by atoms with Crippen molar-refractivity contribution >= 4 is 10.7 Å². The molecule has 2 nitrogen and oxygen atoms in total. The second-order valence-corrected chi connectivity index (χ2v) is 4.09. The predicted molar refractivity (Wildman–Crippen MR) is 50.8 cm³/mol. The first kappa shape index (κ1) is 8.95. The molecule has 1 atom stereocenters. The van der Waals surface area contributed by atoms with E-state index in [0.29, 0.717) is 0 Å². The number of aryl methyl sites for hydroxylation is 1. The Kier molecular flexibility index (Phi) is 3.01. The summed E-state index contributed by atoms with van der Waals surface area (Å²) >= 11 is 0. The number of benzene rings is 1. The monoisotopic (exact) mass is 178 g/mol. The summed E-state index contributed by atoms with van der Waals surface area (Å²) in [5.74, 6) is 0. The molecule has 1 aromatic carbocycles. The van der Waals surface area contributed by atoms with Crippen molar-refractivity contribution in [2.24, 2.45) is 4.36 Å². The Bertz CT molecular complexity index is 333. The third-order valence-electron chi connectivity index (χ3n) is 1.54. The van der Waals surface area contributed by atoms with Crippen LogP contribution in [0, 0.1) is 18.4 Å². The molecule has 0 spiro atoms. The van der Waals surface area contributed by atoms with Crippen molar-refractivity contribution in [2.75, 3.05) is 6.26 Å². The summed E-state index contributed by atoms with van der Waals surface area (Å²) in [7, 11) is -0.278. The van der Waals surface area contributed by atoms with Crippen molar-refractivity contribution in [1.82, 2.24) is 0 Å². The molecule has 0 radical (unpaired) electrons. The van der Waals surface area contributed by atoms with Gasteiger partial charge in [0.2, 0.25) is 6.19 Å². The molecule has 1 rings (SSSR count). The summed E-state index contributed by atoms with van der Waals surface area (Å²) in [6, 6.07) is 8.09. The number of nitriles is 1. The van der Waals surface area contributed by atoms with Gasteiger partial charge in [-0.15, -0.1) is 4.36 Å². The molecular weight excluding hydrogens is 168 g/mol. The Balaban J connectivity index is 2.99. The smallest absolute Gasteiger partial charge is 0.170 e. The summed E-state index contributed by atoms with van der Waals surface area (Å²) in [4.78, 5) is 1.11. The third kappa shape index (κ3) is 2.18. The zero-order valence-electron chi connectivity index (χ0n) is 7.11. The molecular formula is C9H10N2S. The quantitative estimate of drug-likeness (QED) is 0.608. The van der Waals surface area contributed by atoms with Crippen LogP contribution in [-0.2, 0) is 10.7 Å². The van der Waals surface area contributed by atoms with E-state index in [0.717, 1.165) is 4.90 Å². The summed E-state index contributed by atoms with van der Waals surface area (Å²) < 4.78 is 3.76. The van der Waals surface area contributed by atoms with Gasteiger partial charge in [-0.05, 0) is 25.3 Å². The van der Waals surface area contributed by atoms with Crippen molar-refractivity contribution < 1.29 is 0 Å². The van der Waals surface area contributed by atoms with E-state index >= 15 is 0 Å². The Morgan fingerprint density at radius 2 is 1.92 bits per heavy atom. The molecule has 3 heteroatoms. The molecule has 0 aliphatic rings. The van der Waals surface area contributed by atoms with Crippen LogP contribution in [0.15, 0.2) is 33.5 Å². The minimum absolute atomic E-state index is 0.278. The molecule has 0 aliphatic heterocycles. The van der Waals surface area contributed by atoms with Gasteiger partial charge in [-0.1, -0.05) is 28.4 Å². The van der Waals surface area contributed by atoms with Crippen LogP contribution in [0.1, 0.15) is 5.56 Å². The topological polar surface area (TPSA) is 36.1 Å². The van der Waals surface area contributed by atoms with Gasteiger partial charge < -0.3 is 0 Å². The Hall–Kier alpha value is -1.14. The van der Waals surface area contributed by atoms with Gasteiger partial charge in [-0.25, -0.2) is 0 Å². The van der Waals surface area contributed by atoms with E-state index in [1.807, 2.05) is 43.6 Å². The lowest BCUT2D eigenvalue weighted by atomic mass is 10.2. The van der Waals surface area contributed by atoms with Gasteiger partial charge in [0.25, 0.3) is 0 Å². The van der Waals surface area contributed by atoms with Gasteiger partial charge in [0.1, 0.15) is 0 Å². The summed E-state index contributed by atoms with van der Waals surface area (Å²) in [6.07, 6.45) is 3.76. The normalized spacial score (nSPS) is 12.4. The molecule has 0 fully saturated rings. The van der Waals surface area contributed by atoms with Crippen LogP contribution < -0.4 is 0 Å². The number of hydrogen-bond acceptors (Lipinski definition) is 2. The van der Waals surface area contributed by atoms with Crippen LogP contribution in [0.25, 0.3) is 0 Å². The zero-order valence-corrected chi connectivity index (χ0v) is 7.93. The molecule has 1 aromatic rings. The van der Waals surface area contributed by atoms with E-state index in [-0.39, 0.29) is 10.7 Å². The van der Waals surface area contributed by atoms with Crippen molar-refractivity contribution in [3.8, 4) is 6.19 Å². The fraction of sp³-hybridized carbons (Fsp3) is 0.222. The molecule has 0 N–H and O–H groups in total. The molecule has 0 saturated heterocycles. The predicted octanol–water partition coefficient (Wildman–Crippen LogP) is 2.27. The van der Waals surface area contributed by atoms with Crippen LogP contribution >= 0.6 is 0 Å². The molecule has 0 aromatic heterocycles. The Labute approximate surface area is 74.9 Å². The van der Waals surface area contributed by atoms with Gasteiger partial charge >= 0.3 is 0 Å². The summed E-state index contributed by atoms with van der Waals surface area (Å²) in [5, 5.41) is 8.34. The lowest BCUT2D eigenvalue weighted by Gasteiger charge is -1.98. The highest BCUT2D eigenvalue weighted by molar-refractivity contribution is 7.86. The maximum Gasteiger partial charge on any atom is 0.212 e. The van der Waals surface area contributed by atoms with Crippen molar-refractivity contribution in [3.63, 3.8) is 0 Å². The van der Waals surface area contributed by atoms with E-state index in [2.05, 4.69) is 4.36 Å². The Morgan fingerprint density at radius 1 is 1.33 bits per heavy atom.